The number of aliphatic hydroxyl groups excluding tert-OH is 1. The molecule has 1 saturated heterocycles. The molecule has 5 heteroatoms. The van der Waals surface area contributed by atoms with E-state index in [1.54, 1.807) is 10.9 Å². The van der Waals surface area contributed by atoms with Crippen LogP contribution in [0.2, 0.25) is 0 Å². The van der Waals surface area contributed by atoms with Gasteiger partial charge in [0, 0.05) is 12.3 Å². The Balaban J connectivity index is 2.12. The van der Waals surface area contributed by atoms with Crippen molar-refractivity contribution in [3.8, 4) is 0 Å². The van der Waals surface area contributed by atoms with Crippen molar-refractivity contribution in [2.24, 2.45) is 7.05 Å². The molecule has 0 spiro atoms. The third-order valence-electron chi connectivity index (χ3n) is 2.33. The summed E-state index contributed by atoms with van der Waals surface area (Å²) in [5.41, 5.74) is 0. The number of aryl methyl sites for hydroxylation is 1. The van der Waals surface area contributed by atoms with E-state index in [4.69, 9.17) is 0 Å². The van der Waals surface area contributed by atoms with Gasteiger partial charge in [-0.05, 0) is 18.6 Å². The quantitative estimate of drug-likeness (QED) is 0.763. The Morgan fingerprint density at radius 1 is 1.77 bits per heavy atom. The molecule has 0 radical (unpaired) electrons. The lowest BCUT2D eigenvalue weighted by atomic mass is 10.1. The van der Waals surface area contributed by atoms with E-state index in [2.05, 4.69) is 10.2 Å². The molecule has 1 aromatic rings. The van der Waals surface area contributed by atoms with Crippen molar-refractivity contribution in [2.75, 3.05) is 5.75 Å². The van der Waals surface area contributed by atoms with Crippen LogP contribution >= 0.6 is 11.8 Å². The molecule has 72 valence electrons. The second-order valence-corrected chi connectivity index (χ2v) is 4.64. The number of hydrogen-bond donors (Lipinski definition) is 1. The van der Waals surface area contributed by atoms with Gasteiger partial charge in [0.1, 0.15) is 12.4 Å². The van der Waals surface area contributed by atoms with Gasteiger partial charge in [0.15, 0.2) is 5.82 Å². The molecule has 2 atom stereocenters. The lowest BCUT2D eigenvalue weighted by molar-refractivity contribution is 0.159. The van der Waals surface area contributed by atoms with E-state index in [9.17, 15) is 5.11 Å². The maximum atomic E-state index is 9.95. The van der Waals surface area contributed by atoms with E-state index in [-0.39, 0.29) is 0 Å². The van der Waals surface area contributed by atoms with Crippen LogP contribution in [0.4, 0.5) is 0 Å². The van der Waals surface area contributed by atoms with E-state index in [1.807, 2.05) is 18.8 Å². The molecule has 0 aromatic carbocycles. The monoisotopic (exact) mass is 199 g/mol. The zero-order valence-electron chi connectivity index (χ0n) is 7.55. The Labute approximate surface area is 81.4 Å². The third kappa shape index (κ3) is 1.71. The summed E-state index contributed by atoms with van der Waals surface area (Å²) >= 11 is 1.83. The van der Waals surface area contributed by atoms with Gasteiger partial charge < -0.3 is 9.67 Å². The summed E-state index contributed by atoms with van der Waals surface area (Å²) in [6.07, 6.45) is 3.45. The molecule has 1 aromatic heterocycles. The lowest BCUT2D eigenvalue weighted by Crippen LogP contribution is -2.16. The average Bonchev–Trinajstić information content (AvgIpc) is 2.72. The highest BCUT2D eigenvalue weighted by Gasteiger charge is 2.27. The standard InChI is InChI=1S/C8H13N3OS/c1-11-5-9-10-8(11)7(12)6-3-2-4-13-6/h5-7,12H,2-4H2,1H3. The van der Waals surface area contributed by atoms with E-state index in [0.717, 1.165) is 12.2 Å². The lowest BCUT2D eigenvalue weighted by Gasteiger charge is -2.15. The van der Waals surface area contributed by atoms with Crippen molar-refractivity contribution in [3.05, 3.63) is 12.2 Å². The van der Waals surface area contributed by atoms with Crippen LogP contribution in [0.25, 0.3) is 0 Å². The predicted octanol–water partition coefficient (Wildman–Crippen LogP) is 0.744. The second kappa shape index (κ2) is 3.67. The molecule has 0 saturated carbocycles. The summed E-state index contributed by atoms with van der Waals surface area (Å²) in [5.74, 6) is 1.83. The summed E-state index contributed by atoms with van der Waals surface area (Å²) < 4.78 is 1.78. The van der Waals surface area contributed by atoms with Crippen LogP contribution in [-0.4, -0.2) is 30.9 Å². The van der Waals surface area contributed by atoms with Gasteiger partial charge in [-0.3, -0.25) is 0 Å². The topological polar surface area (TPSA) is 50.9 Å². The van der Waals surface area contributed by atoms with Crippen molar-refractivity contribution in [3.63, 3.8) is 0 Å². The first kappa shape index (κ1) is 9.02. The van der Waals surface area contributed by atoms with Gasteiger partial charge in [-0.25, -0.2) is 0 Å². The SMILES string of the molecule is Cn1cnnc1C(O)C1CCCS1. The number of rotatable bonds is 2. The minimum atomic E-state index is -0.458. The molecule has 1 aliphatic heterocycles. The Bertz CT molecular complexity index is 283. The molecule has 2 heterocycles. The molecule has 1 aliphatic rings. The number of thioether (sulfide) groups is 1. The Morgan fingerprint density at radius 3 is 3.15 bits per heavy atom. The van der Waals surface area contributed by atoms with Gasteiger partial charge in [-0.1, -0.05) is 0 Å². The summed E-state index contributed by atoms with van der Waals surface area (Å²) in [5, 5.41) is 17.9. The fourth-order valence-corrected chi connectivity index (χ4v) is 2.85. The Morgan fingerprint density at radius 2 is 2.62 bits per heavy atom. The molecular formula is C8H13N3OS. The Kier molecular flexibility index (Phi) is 2.55. The number of aromatic nitrogens is 3. The van der Waals surface area contributed by atoms with E-state index >= 15 is 0 Å². The highest BCUT2D eigenvalue weighted by molar-refractivity contribution is 8.00. The molecule has 0 bridgehead atoms. The molecule has 13 heavy (non-hydrogen) atoms. The molecular weight excluding hydrogens is 186 g/mol. The van der Waals surface area contributed by atoms with Crippen molar-refractivity contribution >= 4 is 11.8 Å². The first-order chi connectivity index (χ1) is 6.29. The normalized spacial score (nSPS) is 24.9. The third-order valence-corrected chi connectivity index (χ3v) is 3.77. The smallest absolute Gasteiger partial charge is 0.162 e. The summed E-state index contributed by atoms with van der Waals surface area (Å²) in [7, 11) is 1.86. The highest BCUT2D eigenvalue weighted by atomic mass is 32.2. The molecule has 0 aliphatic carbocycles. The minimum Gasteiger partial charge on any atom is -0.384 e. The highest BCUT2D eigenvalue weighted by Crippen LogP contribution is 2.34. The average molecular weight is 199 g/mol. The molecule has 1 N–H and O–H groups in total. The summed E-state index contributed by atoms with van der Waals surface area (Å²) in [6, 6.07) is 0. The summed E-state index contributed by atoms with van der Waals surface area (Å²) in [4.78, 5) is 0. The minimum absolute atomic E-state index is 0.308. The van der Waals surface area contributed by atoms with Crippen molar-refractivity contribution in [2.45, 2.75) is 24.2 Å². The molecule has 2 rings (SSSR count). The first-order valence-corrected chi connectivity index (χ1v) is 5.47. The number of hydrogen-bond acceptors (Lipinski definition) is 4. The van der Waals surface area contributed by atoms with Crippen LogP contribution in [-0.2, 0) is 7.05 Å². The first-order valence-electron chi connectivity index (χ1n) is 4.42. The van der Waals surface area contributed by atoms with Gasteiger partial charge in [0.05, 0.1) is 0 Å². The second-order valence-electron chi connectivity index (χ2n) is 3.30. The predicted molar refractivity (Wildman–Crippen MR) is 51.4 cm³/mol. The largest absolute Gasteiger partial charge is 0.384 e. The van der Waals surface area contributed by atoms with Crippen molar-refractivity contribution < 1.29 is 5.11 Å². The van der Waals surface area contributed by atoms with Crippen LogP contribution in [0.15, 0.2) is 6.33 Å². The zero-order valence-corrected chi connectivity index (χ0v) is 8.37. The fourth-order valence-electron chi connectivity index (χ4n) is 1.58. The van der Waals surface area contributed by atoms with Gasteiger partial charge in [-0.15, -0.1) is 10.2 Å². The summed E-state index contributed by atoms with van der Waals surface area (Å²) in [6.45, 7) is 0. The van der Waals surface area contributed by atoms with Crippen LogP contribution < -0.4 is 0 Å². The van der Waals surface area contributed by atoms with Crippen LogP contribution in [0.5, 0.6) is 0 Å². The molecule has 1 fully saturated rings. The fraction of sp³-hybridized carbons (Fsp3) is 0.750. The van der Waals surface area contributed by atoms with Crippen LogP contribution in [0.1, 0.15) is 24.8 Å². The van der Waals surface area contributed by atoms with Crippen LogP contribution in [0, 0.1) is 0 Å². The molecule has 4 nitrogen and oxygen atoms in total. The number of nitrogens with zero attached hydrogens (tertiary/aromatic N) is 3. The van der Waals surface area contributed by atoms with E-state index < -0.39 is 6.10 Å². The number of aliphatic hydroxyl groups is 1. The molecule has 0 amide bonds. The zero-order chi connectivity index (χ0) is 9.26. The Hall–Kier alpha value is -0.550. The van der Waals surface area contributed by atoms with Gasteiger partial charge in [-0.2, -0.15) is 11.8 Å². The van der Waals surface area contributed by atoms with Gasteiger partial charge in [0.25, 0.3) is 0 Å². The van der Waals surface area contributed by atoms with E-state index in [0.29, 0.717) is 11.1 Å². The maximum absolute atomic E-state index is 9.95. The molecule has 2 unspecified atom stereocenters. The van der Waals surface area contributed by atoms with Gasteiger partial charge >= 0.3 is 0 Å². The van der Waals surface area contributed by atoms with Crippen LogP contribution in [0.3, 0.4) is 0 Å². The maximum Gasteiger partial charge on any atom is 0.162 e. The van der Waals surface area contributed by atoms with Crippen molar-refractivity contribution in [1.82, 2.24) is 14.8 Å². The van der Waals surface area contributed by atoms with Gasteiger partial charge in [0.2, 0.25) is 0 Å². The van der Waals surface area contributed by atoms with E-state index in [1.165, 1.54) is 6.42 Å². The van der Waals surface area contributed by atoms with Crippen molar-refractivity contribution in [1.29, 1.82) is 0 Å².